The van der Waals surface area contributed by atoms with E-state index in [1.807, 2.05) is 20.8 Å². The first-order valence-corrected chi connectivity index (χ1v) is 12.7. The van der Waals surface area contributed by atoms with Gasteiger partial charge in [0.05, 0.1) is 7.11 Å². The fourth-order valence-corrected chi connectivity index (χ4v) is 7.60. The van der Waals surface area contributed by atoms with Crippen LogP contribution in [-0.4, -0.2) is 18.7 Å². The van der Waals surface area contributed by atoms with Gasteiger partial charge in [0.25, 0.3) is 0 Å². The van der Waals surface area contributed by atoms with Gasteiger partial charge in [0.2, 0.25) is 0 Å². The van der Waals surface area contributed by atoms with E-state index in [0.29, 0.717) is 10.8 Å². The highest BCUT2D eigenvalue weighted by atomic mass is 16.5. The molecule has 4 rings (SSSR count). The second-order valence-corrected chi connectivity index (χ2v) is 12.3. The zero-order valence-electron chi connectivity index (χ0n) is 21.4. The van der Waals surface area contributed by atoms with E-state index in [0.717, 1.165) is 23.7 Å². The number of hydrogen-bond donors (Lipinski definition) is 1. The van der Waals surface area contributed by atoms with Gasteiger partial charge in [0.1, 0.15) is 0 Å². The van der Waals surface area contributed by atoms with Gasteiger partial charge in [-0.25, -0.2) is 4.79 Å². The second kappa shape index (κ2) is 8.94. The highest BCUT2D eigenvalue weighted by Gasteiger charge is 2.57. The summed E-state index contributed by atoms with van der Waals surface area (Å²) in [6.45, 7) is 15.7. The number of hydrogen-bond acceptors (Lipinski definition) is 2. The fraction of sp³-hybridized carbons (Fsp3) is 0.821. The smallest absolute Gasteiger partial charge is 0.407 e. The van der Waals surface area contributed by atoms with Gasteiger partial charge in [-0.05, 0) is 113 Å². The van der Waals surface area contributed by atoms with Crippen LogP contribution in [0.3, 0.4) is 0 Å². The van der Waals surface area contributed by atoms with Gasteiger partial charge in [0, 0.05) is 5.54 Å². The van der Waals surface area contributed by atoms with Gasteiger partial charge < -0.3 is 10.1 Å². The molecule has 0 saturated heterocycles. The van der Waals surface area contributed by atoms with Crippen molar-refractivity contribution >= 4 is 6.09 Å². The van der Waals surface area contributed by atoms with Gasteiger partial charge in [-0.2, -0.15) is 0 Å². The first kappa shape index (κ1) is 24.4. The number of carbonyl (C=O) groups excluding carboxylic acids is 1. The van der Waals surface area contributed by atoms with Crippen molar-refractivity contribution in [2.75, 3.05) is 7.11 Å². The average molecular weight is 430 g/mol. The van der Waals surface area contributed by atoms with Crippen LogP contribution in [0.2, 0.25) is 0 Å². The van der Waals surface area contributed by atoms with Crippen molar-refractivity contribution in [3.05, 3.63) is 23.3 Å². The van der Waals surface area contributed by atoms with Crippen LogP contribution in [0.25, 0.3) is 0 Å². The largest absolute Gasteiger partial charge is 0.453 e. The molecule has 0 aromatic rings. The molecule has 0 aromatic carbocycles. The number of fused-ring (bicyclic) bond motifs is 5. The Bertz CT molecular complexity index is 730. The molecule has 2 fully saturated rings. The number of methoxy groups -OCH3 is 1. The van der Waals surface area contributed by atoms with E-state index in [-0.39, 0.29) is 11.6 Å². The van der Waals surface area contributed by atoms with Gasteiger partial charge in [-0.15, -0.1) is 0 Å². The first-order chi connectivity index (χ1) is 14.4. The minimum Gasteiger partial charge on any atom is -0.453 e. The molecular formula is C28H47NO2. The maximum atomic E-state index is 10.5. The minimum absolute atomic E-state index is 0.201. The van der Waals surface area contributed by atoms with Crippen molar-refractivity contribution in [3.8, 4) is 0 Å². The molecule has 4 aliphatic rings. The number of ether oxygens (including phenoxy) is 1. The lowest BCUT2D eigenvalue weighted by Crippen LogP contribution is -2.49. The SMILES string of the molecule is CCC1CCC2C3CC=C4C=C(C)CCC4(C)C3CCC12C.COC(=O)NC(C)(C)C. The topological polar surface area (TPSA) is 38.3 Å². The Morgan fingerprint density at radius 3 is 2.45 bits per heavy atom. The Labute approximate surface area is 191 Å². The summed E-state index contributed by atoms with van der Waals surface area (Å²) >= 11 is 0. The van der Waals surface area contributed by atoms with Crippen molar-refractivity contribution in [2.45, 2.75) is 105 Å². The van der Waals surface area contributed by atoms with Crippen molar-refractivity contribution in [3.63, 3.8) is 0 Å². The van der Waals surface area contributed by atoms with Crippen LogP contribution in [0.5, 0.6) is 0 Å². The number of carbonyl (C=O) groups is 1. The molecule has 0 spiro atoms. The van der Waals surface area contributed by atoms with Crippen LogP contribution >= 0.6 is 0 Å². The van der Waals surface area contributed by atoms with Gasteiger partial charge in [0.15, 0.2) is 0 Å². The van der Waals surface area contributed by atoms with Gasteiger partial charge in [-0.3, -0.25) is 0 Å². The highest BCUT2D eigenvalue weighted by molar-refractivity contribution is 5.67. The van der Waals surface area contributed by atoms with Crippen LogP contribution in [0, 0.1) is 34.5 Å². The number of nitrogens with one attached hydrogen (secondary N) is 1. The quantitative estimate of drug-likeness (QED) is 0.464. The van der Waals surface area contributed by atoms with Crippen LogP contribution in [0.4, 0.5) is 4.79 Å². The van der Waals surface area contributed by atoms with E-state index in [9.17, 15) is 4.79 Å². The summed E-state index contributed by atoms with van der Waals surface area (Å²) < 4.78 is 4.38. The summed E-state index contributed by atoms with van der Waals surface area (Å²) in [6.07, 6.45) is 16.3. The molecule has 31 heavy (non-hydrogen) atoms. The van der Waals surface area contributed by atoms with E-state index >= 15 is 0 Å². The van der Waals surface area contributed by atoms with Crippen LogP contribution in [0.15, 0.2) is 23.3 Å². The van der Waals surface area contributed by atoms with E-state index in [1.54, 1.807) is 11.1 Å². The molecule has 4 aliphatic carbocycles. The second-order valence-electron chi connectivity index (χ2n) is 12.3. The predicted molar refractivity (Wildman–Crippen MR) is 130 cm³/mol. The maximum absolute atomic E-state index is 10.5. The van der Waals surface area contributed by atoms with E-state index in [2.05, 4.69) is 49.9 Å². The molecule has 6 atom stereocenters. The Kier molecular flexibility index (Phi) is 7.04. The molecule has 0 aliphatic heterocycles. The lowest BCUT2D eigenvalue weighted by Gasteiger charge is -2.57. The average Bonchev–Trinajstić information content (AvgIpc) is 3.04. The maximum Gasteiger partial charge on any atom is 0.407 e. The van der Waals surface area contributed by atoms with Crippen LogP contribution in [0.1, 0.15) is 99.8 Å². The Morgan fingerprint density at radius 1 is 1.16 bits per heavy atom. The number of amides is 1. The Hall–Kier alpha value is -1.25. The molecule has 1 amide bonds. The van der Waals surface area contributed by atoms with Crippen molar-refractivity contribution in [2.24, 2.45) is 34.5 Å². The predicted octanol–water partition coefficient (Wildman–Crippen LogP) is 7.67. The van der Waals surface area contributed by atoms with Gasteiger partial charge in [-0.1, -0.05) is 44.9 Å². The number of alkyl carbamates (subject to hydrolysis) is 1. The first-order valence-electron chi connectivity index (χ1n) is 12.7. The standard InChI is InChI=1S/C22H34.C6H13NO2/c1-5-16-7-9-19-18-8-6-17-14-15(2)10-12-22(17,4)20(18)11-13-21(16,19)3;1-6(2,3)7-5(8)9-4/h6,14,16,18-20H,5,7-13H2,1-4H3;1-4H3,(H,7,8). The number of allylic oxidation sites excluding steroid dienone is 4. The summed E-state index contributed by atoms with van der Waals surface area (Å²) in [5, 5.41) is 2.61. The third-order valence-electron chi connectivity index (χ3n) is 9.32. The van der Waals surface area contributed by atoms with Crippen LogP contribution < -0.4 is 5.32 Å². The normalized spacial score (nSPS) is 39.0. The molecule has 2 saturated carbocycles. The van der Waals surface area contributed by atoms with Gasteiger partial charge >= 0.3 is 6.09 Å². The number of rotatable bonds is 1. The lowest BCUT2D eigenvalue weighted by atomic mass is 9.48. The summed E-state index contributed by atoms with van der Waals surface area (Å²) in [5.74, 6) is 3.96. The Morgan fingerprint density at radius 2 is 1.87 bits per heavy atom. The fourth-order valence-electron chi connectivity index (χ4n) is 7.60. The molecule has 0 radical (unpaired) electrons. The molecule has 0 bridgehead atoms. The van der Waals surface area contributed by atoms with Crippen LogP contribution in [-0.2, 0) is 4.74 Å². The van der Waals surface area contributed by atoms with Crippen molar-refractivity contribution in [1.29, 1.82) is 0 Å². The molecule has 1 N–H and O–H groups in total. The molecule has 176 valence electrons. The minimum atomic E-state index is -0.387. The van der Waals surface area contributed by atoms with Crippen molar-refractivity contribution < 1.29 is 9.53 Å². The van der Waals surface area contributed by atoms with E-state index in [4.69, 9.17) is 0 Å². The van der Waals surface area contributed by atoms with E-state index < -0.39 is 0 Å². The molecule has 0 heterocycles. The lowest BCUT2D eigenvalue weighted by molar-refractivity contribution is -0.0362. The third-order valence-corrected chi connectivity index (χ3v) is 9.32. The highest BCUT2D eigenvalue weighted by Crippen LogP contribution is 2.66. The molecule has 0 aromatic heterocycles. The summed E-state index contributed by atoms with van der Waals surface area (Å²) in [6, 6.07) is 0. The Balaban J connectivity index is 0.000000259. The summed E-state index contributed by atoms with van der Waals surface area (Å²) in [5.41, 5.74) is 4.26. The molecule has 6 unspecified atom stereocenters. The third kappa shape index (κ3) is 4.76. The molecule has 3 nitrogen and oxygen atoms in total. The summed E-state index contributed by atoms with van der Waals surface area (Å²) in [7, 11) is 1.35. The van der Waals surface area contributed by atoms with Crippen molar-refractivity contribution in [1.82, 2.24) is 5.32 Å². The molecule has 3 heteroatoms. The summed E-state index contributed by atoms with van der Waals surface area (Å²) in [4.78, 5) is 10.5. The van der Waals surface area contributed by atoms with E-state index in [1.165, 1.54) is 58.5 Å². The molecular weight excluding hydrogens is 382 g/mol. The zero-order chi connectivity index (χ0) is 23.0. The monoisotopic (exact) mass is 429 g/mol. The zero-order valence-corrected chi connectivity index (χ0v) is 21.4.